The van der Waals surface area contributed by atoms with Crippen LogP contribution in [0.2, 0.25) is 5.02 Å². The fourth-order valence-electron chi connectivity index (χ4n) is 9.33. The van der Waals surface area contributed by atoms with Crippen LogP contribution in [0.5, 0.6) is 5.88 Å². The van der Waals surface area contributed by atoms with E-state index in [1.165, 1.54) is 14.2 Å². The van der Waals surface area contributed by atoms with Crippen molar-refractivity contribution < 1.29 is 23.9 Å². The average Bonchev–Trinajstić information content (AvgIpc) is 3.94. The van der Waals surface area contributed by atoms with E-state index in [1.807, 2.05) is 52.9 Å². The van der Waals surface area contributed by atoms with Crippen LogP contribution >= 0.6 is 11.6 Å². The molecule has 0 unspecified atom stereocenters. The molecule has 2 aromatic carbocycles. The molecule has 51 heavy (non-hydrogen) atoms. The quantitative estimate of drug-likeness (QED) is 0.140. The topological polar surface area (TPSA) is 107 Å². The first kappa shape index (κ1) is 33.6. The Bertz CT molecular complexity index is 2070. The first-order chi connectivity index (χ1) is 24.7. The van der Waals surface area contributed by atoms with Gasteiger partial charge in [0.15, 0.2) is 12.1 Å². The normalized spacial score (nSPS) is 22.2. The molecule has 2 aliphatic heterocycles. The zero-order valence-corrected chi connectivity index (χ0v) is 30.1. The zero-order chi connectivity index (χ0) is 35.5. The van der Waals surface area contributed by atoms with Gasteiger partial charge >= 0.3 is 5.97 Å². The Morgan fingerprint density at radius 3 is 2.47 bits per heavy atom. The van der Waals surface area contributed by atoms with Gasteiger partial charge in [-0.25, -0.2) is 9.97 Å². The average molecular weight is 708 g/mol. The molecule has 0 atom stereocenters. The lowest BCUT2D eigenvalue weighted by Gasteiger charge is -2.32. The molecule has 8 rings (SSSR count). The highest BCUT2D eigenvalue weighted by molar-refractivity contribution is 6.36. The summed E-state index contributed by atoms with van der Waals surface area (Å²) in [6, 6.07) is 15.3. The molecule has 11 heteroatoms. The van der Waals surface area contributed by atoms with Crippen molar-refractivity contribution in [3.05, 3.63) is 81.9 Å². The maximum absolute atomic E-state index is 14.2. The lowest BCUT2D eigenvalue weighted by molar-refractivity contribution is -0.152. The Balaban J connectivity index is 1.00. The highest BCUT2D eigenvalue weighted by Gasteiger charge is 2.58. The fourth-order valence-corrected chi connectivity index (χ4v) is 9.66. The number of aromatic nitrogens is 3. The number of benzene rings is 2. The van der Waals surface area contributed by atoms with E-state index in [4.69, 9.17) is 26.1 Å². The monoisotopic (exact) mass is 707 g/mol. The van der Waals surface area contributed by atoms with E-state index in [-0.39, 0.29) is 28.6 Å². The lowest BCUT2D eigenvalue weighted by atomic mass is 9.80. The Morgan fingerprint density at radius 2 is 1.71 bits per heavy atom. The first-order valence-corrected chi connectivity index (χ1v) is 18.2. The van der Waals surface area contributed by atoms with E-state index in [1.54, 1.807) is 12.1 Å². The third-order valence-electron chi connectivity index (χ3n) is 12.1. The van der Waals surface area contributed by atoms with Crippen LogP contribution in [0.3, 0.4) is 0 Å². The fraction of sp³-hybridized carbons (Fsp3) is 0.425. The molecule has 10 nitrogen and oxygen atoms in total. The molecule has 0 saturated heterocycles. The van der Waals surface area contributed by atoms with E-state index in [0.29, 0.717) is 41.4 Å². The number of anilines is 1. The Morgan fingerprint density at radius 1 is 0.941 bits per heavy atom. The van der Waals surface area contributed by atoms with Crippen molar-refractivity contribution in [1.29, 1.82) is 0 Å². The van der Waals surface area contributed by atoms with Crippen molar-refractivity contribution in [3.8, 4) is 28.3 Å². The second kappa shape index (κ2) is 12.9. The smallest absolute Gasteiger partial charge is 0.311 e. The van der Waals surface area contributed by atoms with E-state index in [0.717, 1.165) is 104 Å². The minimum absolute atomic E-state index is 0.0251. The molecule has 264 valence electrons. The van der Waals surface area contributed by atoms with Crippen molar-refractivity contribution in [2.75, 3.05) is 38.8 Å². The number of nitrogens with zero attached hydrogens (tertiary/aromatic N) is 5. The summed E-state index contributed by atoms with van der Waals surface area (Å²) in [7, 11) is 4.95. The summed E-state index contributed by atoms with van der Waals surface area (Å²) >= 11 is 7.07. The van der Waals surface area contributed by atoms with Crippen LogP contribution in [0.25, 0.3) is 22.4 Å². The van der Waals surface area contributed by atoms with Gasteiger partial charge in [0, 0.05) is 55.6 Å². The van der Waals surface area contributed by atoms with Crippen LogP contribution in [0.1, 0.15) is 76.5 Å². The molecule has 0 spiro atoms. The maximum atomic E-state index is 14.2. The number of methoxy groups -OCH3 is 2. The molecule has 2 fully saturated rings. The molecule has 2 aromatic heterocycles. The van der Waals surface area contributed by atoms with Gasteiger partial charge in [0.1, 0.15) is 0 Å². The highest BCUT2D eigenvalue weighted by Crippen LogP contribution is 2.63. The molecule has 4 aliphatic rings. The molecular weight excluding hydrogens is 666 g/mol. The minimum Gasteiger partial charge on any atom is -0.480 e. The highest BCUT2D eigenvalue weighted by atomic mass is 35.5. The number of esters is 1. The maximum Gasteiger partial charge on any atom is 0.311 e. The first-order valence-electron chi connectivity index (χ1n) is 17.8. The summed E-state index contributed by atoms with van der Waals surface area (Å²) in [5, 5.41) is 0.536. The van der Waals surface area contributed by atoms with E-state index >= 15 is 0 Å². The third-order valence-corrected chi connectivity index (χ3v) is 12.5. The van der Waals surface area contributed by atoms with Gasteiger partial charge in [0.05, 0.1) is 41.6 Å². The van der Waals surface area contributed by atoms with Crippen LogP contribution in [-0.2, 0) is 36.0 Å². The number of imidazole rings is 1. The Labute approximate surface area is 302 Å². The van der Waals surface area contributed by atoms with Crippen molar-refractivity contribution >= 4 is 35.5 Å². The molecule has 4 heterocycles. The predicted octanol–water partition coefficient (Wildman–Crippen LogP) is 6.70. The molecule has 2 aliphatic carbocycles. The molecule has 2 bridgehead atoms. The number of pyridine rings is 1. The molecular formula is C40H42ClN5O5. The standard InChI is InChI=1S/C40H42ClN5O5/c1-44-33-13-19-45(21-18-39-14-16-40(24-39,17-15-39)38(49)51-3)22-31(33)42-35(44)37(48)46-20-12-27-26(6-5-9-32(27)46)28-7-4-8-29(34(28)41)30-11-10-25(23-47)36(43-30)50-2/h4-11,23H,12-22,24H2,1-3H3. The minimum atomic E-state index is -0.261. The number of hydrogen-bond acceptors (Lipinski definition) is 8. The molecule has 4 aromatic rings. The van der Waals surface area contributed by atoms with Crippen molar-refractivity contribution in [2.24, 2.45) is 17.9 Å². The number of hydrogen-bond donors (Lipinski definition) is 0. The van der Waals surface area contributed by atoms with Gasteiger partial charge in [-0.05, 0) is 86.2 Å². The Hall–Kier alpha value is -4.54. The van der Waals surface area contributed by atoms with Crippen molar-refractivity contribution in [2.45, 2.75) is 57.9 Å². The number of rotatable bonds is 9. The molecule has 1 amide bonds. The number of carbonyl (C=O) groups excluding carboxylic acids is 3. The number of halogens is 1. The summed E-state index contributed by atoms with van der Waals surface area (Å²) < 4.78 is 12.5. The van der Waals surface area contributed by atoms with Crippen molar-refractivity contribution in [1.82, 2.24) is 19.4 Å². The summed E-state index contributed by atoms with van der Waals surface area (Å²) in [5.74, 6) is 0.582. The largest absolute Gasteiger partial charge is 0.480 e. The molecule has 0 radical (unpaired) electrons. The second-order valence-electron chi connectivity index (χ2n) is 14.7. The number of aldehydes is 1. The third kappa shape index (κ3) is 5.54. The Kier molecular flexibility index (Phi) is 8.50. The number of fused-ring (bicyclic) bond motifs is 4. The van der Waals surface area contributed by atoms with Crippen molar-refractivity contribution in [3.63, 3.8) is 0 Å². The summed E-state index contributed by atoms with van der Waals surface area (Å²) in [6.45, 7) is 3.17. The van der Waals surface area contributed by atoms with E-state index in [9.17, 15) is 14.4 Å². The summed E-state index contributed by atoms with van der Waals surface area (Å²) in [4.78, 5) is 52.0. The van der Waals surface area contributed by atoms with Crippen LogP contribution in [-0.4, -0.2) is 71.5 Å². The lowest BCUT2D eigenvalue weighted by Crippen LogP contribution is -2.34. The summed E-state index contributed by atoms with van der Waals surface area (Å²) in [6.07, 6.45) is 8.37. The van der Waals surface area contributed by atoms with Gasteiger partial charge in [-0.15, -0.1) is 0 Å². The van der Waals surface area contributed by atoms with Gasteiger partial charge in [-0.1, -0.05) is 41.9 Å². The van der Waals surface area contributed by atoms with E-state index in [2.05, 4.69) is 9.88 Å². The SMILES string of the molecule is COC(=O)C12CCC(CCN3CCc4c(nc(C(=O)N5CCc6c(-c7cccc(-c8ccc(C=O)c(OC)n8)c7Cl)cccc65)n4C)C3)(CC1)C2. The van der Waals surface area contributed by atoms with Gasteiger partial charge in [-0.3, -0.25) is 19.3 Å². The molecule has 0 N–H and O–H groups in total. The van der Waals surface area contributed by atoms with Crippen LogP contribution < -0.4 is 9.64 Å². The number of amides is 1. The molecule has 2 saturated carbocycles. The van der Waals surface area contributed by atoms with Crippen LogP contribution in [0, 0.1) is 10.8 Å². The van der Waals surface area contributed by atoms with E-state index < -0.39 is 0 Å². The van der Waals surface area contributed by atoms with Crippen LogP contribution in [0.4, 0.5) is 5.69 Å². The van der Waals surface area contributed by atoms with Gasteiger partial charge in [0.25, 0.3) is 5.91 Å². The number of ether oxygens (including phenoxy) is 2. The number of carbonyl (C=O) groups is 3. The van der Waals surface area contributed by atoms with Gasteiger partial charge < -0.3 is 18.9 Å². The van der Waals surface area contributed by atoms with Gasteiger partial charge in [-0.2, -0.15) is 0 Å². The van der Waals surface area contributed by atoms with Gasteiger partial charge in [0.2, 0.25) is 5.88 Å². The zero-order valence-electron chi connectivity index (χ0n) is 29.3. The van der Waals surface area contributed by atoms with Crippen LogP contribution in [0.15, 0.2) is 48.5 Å². The second-order valence-corrected chi connectivity index (χ2v) is 15.1. The predicted molar refractivity (Wildman–Crippen MR) is 194 cm³/mol. The summed E-state index contributed by atoms with van der Waals surface area (Å²) in [5.41, 5.74) is 7.52.